The molecule has 0 N–H and O–H groups in total. The van der Waals surface area contributed by atoms with Crippen LogP contribution in [0.5, 0.6) is 0 Å². The predicted octanol–water partition coefficient (Wildman–Crippen LogP) is 6.89. The Kier molecular flexibility index (Phi) is 3.26. The van der Waals surface area contributed by atoms with E-state index in [1.807, 2.05) is 0 Å². The molecule has 0 amide bonds. The molecule has 1 atom stereocenters. The number of aliphatic imine (C=N–C) groups is 1. The summed E-state index contributed by atoms with van der Waals surface area (Å²) in [4.78, 5) is 7.59. The third kappa shape index (κ3) is 2.30. The molecule has 33 heavy (non-hydrogen) atoms. The predicted molar refractivity (Wildman–Crippen MR) is 139 cm³/mol. The zero-order valence-corrected chi connectivity index (χ0v) is 18.3. The van der Waals surface area contributed by atoms with Crippen LogP contribution in [0.15, 0.2) is 96.0 Å². The van der Waals surface area contributed by atoms with Gasteiger partial charge in [-0.3, -0.25) is 4.99 Å². The van der Waals surface area contributed by atoms with Gasteiger partial charge in [-0.25, -0.2) is 0 Å². The van der Waals surface area contributed by atoms with Gasteiger partial charge in [0.2, 0.25) is 0 Å². The Morgan fingerprint density at radius 3 is 2.24 bits per heavy atom. The second-order valence-corrected chi connectivity index (χ2v) is 9.75. The number of allylic oxidation sites excluding steroid dienone is 1. The van der Waals surface area contributed by atoms with Crippen LogP contribution in [0.2, 0.25) is 0 Å². The lowest BCUT2D eigenvalue weighted by Crippen LogP contribution is -2.55. The Morgan fingerprint density at radius 1 is 0.697 bits per heavy atom. The minimum atomic E-state index is -0.0979. The molecule has 2 heteroatoms. The lowest BCUT2D eigenvalue weighted by atomic mass is 9.64. The van der Waals surface area contributed by atoms with Gasteiger partial charge < -0.3 is 4.90 Å². The molecule has 1 unspecified atom stereocenters. The summed E-state index contributed by atoms with van der Waals surface area (Å²) in [5.74, 6) is 0. The zero-order valence-electron chi connectivity index (χ0n) is 18.3. The van der Waals surface area contributed by atoms with E-state index < -0.39 is 0 Å². The van der Waals surface area contributed by atoms with E-state index in [0.717, 1.165) is 19.6 Å². The summed E-state index contributed by atoms with van der Waals surface area (Å²) in [5, 5.41) is 7.94. The molecule has 5 aromatic rings. The fourth-order valence-electron chi connectivity index (χ4n) is 6.44. The molecule has 156 valence electrons. The molecular weight excluding hydrogens is 400 g/mol. The maximum absolute atomic E-state index is 5.09. The number of rotatable bonds is 0. The normalized spacial score (nSPS) is 20.5. The average molecular weight is 423 g/mol. The number of hydrogen-bond donors (Lipinski definition) is 0. The van der Waals surface area contributed by atoms with Gasteiger partial charge in [-0.2, -0.15) is 0 Å². The van der Waals surface area contributed by atoms with Gasteiger partial charge in [0.25, 0.3) is 0 Å². The molecule has 5 aromatic carbocycles. The lowest BCUT2D eigenvalue weighted by Gasteiger charge is -2.49. The number of anilines is 1. The van der Waals surface area contributed by atoms with Crippen molar-refractivity contribution in [3.63, 3.8) is 0 Å². The number of hydrogen-bond acceptors (Lipinski definition) is 2. The van der Waals surface area contributed by atoms with Crippen LogP contribution in [0, 0.1) is 0 Å². The standard InChI is InChI=1S/C31H22N2/c1-3-7-22-15-26-24(13-20(22)5-1)9-11-29-27(26)17-31-18-33(29)19-32-30(31)12-10-25-14-21-6-2-4-8-23(21)16-28(25)31/h1-16H,17-19H2. The summed E-state index contributed by atoms with van der Waals surface area (Å²) in [6.07, 6.45) is 5.54. The van der Waals surface area contributed by atoms with Crippen molar-refractivity contribution in [1.82, 2.24) is 0 Å². The highest BCUT2D eigenvalue weighted by Crippen LogP contribution is 2.48. The quantitative estimate of drug-likeness (QED) is 0.248. The summed E-state index contributed by atoms with van der Waals surface area (Å²) in [7, 11) is 0. The molecule has 2 heterocycles. The van der Waals surface area contributed by atoms with Crippen LogP contribution in [0.25, 0.3) is 38.4 Å². The van der Waals surface area contributed by atoms with E-state index in [-0.39, 0.29) is 5.41 Å². The van der Waals surface area contributed by atoms with Crippen LogP contribution < -0.4 is 4.90 Å². The first-order chi connectivity index (χ1) is 16.3. The largest absolute Gasteiger partial charge is 0.351 e. The molecule has 8 rings (SSSR count). The first-order valence-electron chi connectivity index (χ1n) is 11.7. The Hall–Kier alpha value is -3.91. The van der Waals surface area contributed by atoms with Crippen molar-refractivity contribution in [1.29, 1.82) is 0 Å². The molecule has 2 aliphatic heterocycles. The van der Waals surface area contributed by atoms with Crippen molar-refractivity contribution in [2.75, 3.05) is 18.1 Å². The van der Waals surface area contributed by atoms with E-state index in [1.165, 1.54) is 60.4 Å². The monoisotopic (exact) mass is 422 g/mol. The highest BCUT2D eigenvalue weighted by molar-refractivity contribution is 6.12. The SMILES string of the molecule is C1=Cc2cc3ccccc3cc2C23Cc4c(ccc5cc6ccccc6cc45)N(CN=C12)C3. The average Bonchev–Trinajstić information content (AvgIpc) is 2.86. The van der Waals surface area contributed by atoms with E-state index in [0.29, 0.717) is 0 Å². The first kappa shape index (κ1) is 17.6. The molecule has 0 radical (unpaired) electrons. The Bertz CT molecular complexity index is 1710. The third-order valence-corrected chi connectivity index (χ3v) is 8.01. The number of fused-ring (bicyclic) bond motifs is 8. The van der Waals surface area contributed by atoms with Crippen molar-refractivity contribution in [3.8, 4) is 0 Å². The van der Waals surface area contributed by atoms with E-state index in [1.54, 1.807) is 0 Å². The second kappa shape index (κ2) is 6.11. The van der Waals surface area contributed by atoms with Crippen molar-refractivity contribution in [2.45, 2.75) is 11.8 Å². The van der Waals surface area contributed by atoms with E-state index >= 15 is 0 Å². The molecule has 3 aliphatic rings. The van der Waals surface area contributed by atoms with Crippen molar-refractivity contribution >= 4 is 49.8 Å². The Labute approximate surface area is 192 Å². The Morgan fingerprint density at radius 2 is 1.42 bits per heavy atom. The maximum Gasteiger partial charge on any atom is 0.110 e. The van der Waals surface area contributed by atoms with Gasteiger partial charge in [0.1, 0.15) is 6.67 Å². The minimum Gasteiger partial charge on any atom is -0.351 e. The summed E-state index contributed by atoms with van der Waals surface area (Å²) in [5.41, 5.74) is 6.72. The summed E-state index contributed by atoms with van der Waals surface area (Å²) >= 11 is 0. The van der Waals surface area contributed by atoms with E-state index in [4.69, 9.17) is 4.99 Å². The van der Waals surface area contributed by atoms with Gasteiger partial charge in [-0.05, 0) is 91.8 Å². The molecule has 2 bridgehead atoms. The van der Waals surface area contributed by atoms with Crippen molar-refractivity contribution in [3.05, 3.63) is 108 Å². The minimum absolute atomic E-state index is 0.0979. The topological polar surface area (TPSA) is 15.6 Å². The molecule has 0 saturated heterocycles. The lowest BCUT2D eigenvalue weighted by molar-refractivity contribution is 0.506. The molecular formula is C31H22N2. The van der Waals surface area contributed by atoms with Crippen molar-refractivity contribution < 1.29 is 0 Å². The van der Waals surface area contributed by atoms with Gasteiger partial charge in [-0.1, -0.05) is 60.7 Å². The van der Waals surface area contributed by atoms with Crippen LogP contribution in [0.4, 0.5) is 5.69 Å². The fourth-order valence-corrected chi connectivity index (χ4v) is 6.44. The van der Waals surface area contributed by atoms with Gasteiger partial charge in [-0.15, -0.1) is 0 Å². The van der Waals surface area contributed by atoms with Gasteiger partial charge in [0, 0.05) is 17.9 Å². The summed E-state index contributed by atoms with van der Waals surface area (Å²) < 4.78 is 0. The molecule has 2 nitrogen and oxygen atoms in total. The van der Waals surface area contributed by atoms with Crippen LogP contribution in [-0.4, -0.2) is 18.9 Å². The van der Waals surface area contributed by atoms with E-state index in [2.05, 4.69) is 102 Å². The maximum atomic E-state index is 5.09. The third-order valence-electron chi connectivity index (χ3n) is 8.01. The molecule has 0 saturated carbocycles. The van der Waals surface area contributed by atoms with Crippen molar-refractivity contribution in [2.24, 2.45) is 4.99 Å². The highest BCUT2D eigenvalue weighted by atomic mass is 15.2. The molecule has 0 fully saturated rings. The number of benzene rings is 5. The van der Waals surface area contributed by atoms with Crippen LogP contribution in [-0.2, 0) is 11.8 Å². The summed E-state index contributed by atoms with van der Waals surface area (Å²) in [6.45, 7) is 1.73. The molecule has 0 aromatic heterocycles. The molecule has 1 aliphatic carbocycles. The highest BCUT2D eigenvalue weighted by Gasteiger charge is 2.47. The van der Waals surface area contributed by atoms with Gasteiger partial charge in [0.05, 0.1) is 5.41 Å². The smallest absolute Gasteiger partial charge is 0.110 e. The summed E-state index contributed by atoms with van der Waals surface area (Å²) in [6, 6.07) is 31.6. The Balaban J connectivity index is 1.42. The van der Waals surface area contributed by atoms with Crippen LogP contribution in [0.3, 0.4) is 0 Å². The van der Waals surface area contributed by atoms with Gasteiger partial charge >= 0.3 is 0 Å². The second-order valence-electron chi connectivity index (χ2n) is 9.75. The van der Waals surface area contributed by atoms with Gasteiger partial charge in [0.15, 0.2) is 0 Å². The zero-order chi connectivity index (χ0) is 21.6. The van der Waals surface area contributed by atoms with E-state index in [9.17, 15) is 0 Å². The first-order valence-corrected chi connectivity index (χ1v) is 11.7. The molecule has 1 spiro atoms. The van der Waals surface area contributed by atoms with Crippen LogP contribution >= 0.6 is 0 Å². The fraction of sp³-hybridized carbons (Fsp3) is 0.129. The van der Waals surface area contributed by atoms with Crippen LogP contribution in [0.1, 0.15) is 16.7 Å². The number of nitrogens with zero attached hydrogens (tertiary/aromatic N) is 2.